The van der Waals surface area contributed by atoms with Crippen molar-refractivity contribution in [3.63, 3.8) is 0 Å². The second-order valence-electron chi connectivity index (χ2n) is 4.24. The molecule has 0 spiro atoms. The minimum Gasteiger partial charge on any atom is -0.365 e. The molecule has 0 fully saturated rings. The van der Waals surface area contributed by atoms with Gasteiger partial charge in [0.05, 0.1) is 0 Å². The maximum absolute atomic E-state index is 11.9. The summed E-state index contributed by atoms with van der Waals surface area (Å²) in [5.74, 6) is 0.324. The van der Waals surface area contributed by atoms with Gasteiger partial charge in [-0.05, 0) is 6.42 Å². The van der Waals surface area contributed by atoms with Crippen molar-refractivity contribution in [1.29, 1.82) is 0 Å². The van der Waals surface area contributed by atoms with Gasteiger partial charge in [0.15, 0.2) is 5.82 Å². The first kappa shape index (κ1) is 14.2. The minimum absolute atomic E-state index is 0.0207. The Balaban J connectivity index is 2.60. The zero-order valence-electron chi connectivity index (χ0n) is 11.1. The van der Waals surface area contributed by atoms with Crippen molar-refractivity contribution in [3.05, 3.63) is 22.7 Å². The van der Waals surface area contributed by atoms with E-state index in [1.54, 1.807) is 31.1 Å². The minimum atomic E-state index is -0.142. The van der Waals surface area contributed by atoms with E-state index in [2.05, 4.69) is 10.3 Å². The normalized spacial score (nSPS) is 10.2. The Labute approximate surface area is 107 Å². The first-order chi connectivity index (χ1) is 8.56. The number of carbonyl (C=O) groups excluding carboxylic acids is 1. The van der Waals surface area contributed by atoms with Gasteiger partial charge in [-0.2, -0.15) is 0 Å². The van der Waals surface area contributed by atoms with E-state index in [0.717, 1.165) is 6.42 Å². The number of hydrogen-bond donors (Lipinski definition) is 1. The molecule has 0 aliphatic carbocycles. The molecule has 0 bridgehead atoms. The second-order valence-corrected chi connectivity index (χ2v) is 4.24. The highest BCUT2D eigenvalue weighted by Gasteiger charge is 2.06. The number of nitrogens with zero attached hydrogens (tertiary/aromatic N) is 3. The molecule has 100 valence electrons. The van der Waals surface area contributed by atoms with Crippen molar-refractivity contribution < 1.29 is 4.79 Å². The van der Waals surface area contributed by atoms with E-state index in [9.17, 15) is 9.59 Å². The number of aryl methyl sites for hydroxylation is 1. The summed E-state index contributed by atoms with van der Waals surface area (Å²) in [7, 11) is 3.41. The molecule has 6 nitrogen and oxygen atoms in total. The highest BCUT2D eigenvalue weighted by molar-refractivity contribution is 5.76. The Morgan fingerprint density at radius 3 is 2.83 bits per heavy atom. The van der Waals surface area contributed by atoms with Gasteiger partial charge in [-0.25, -0.2) is 4.98 Å². The van der Waals surface area contributed by atoms with Crippen molar-refractivity contribution in [2.24, 2.45) is 0 Å². The van der Waals surface area contributed by atoms with E-state index < -0.39 is 0 Å². The monoisotopic (exact) mass is 252 g/mol. The van der Waals surface area contributed by atoms with Crippen LogP contribution in [0.2, 0.25) is 0 Å². The molecular weight excluding hydrogens is 232 g/mol. The van der Waals surface area contributed by atoms with Crippen molar-refractivity contribution in [2.45, 2.75) is 26.3 Å². The second kappa shape index (κ2) is 6.78. The fraction of sp³-hybridized carbons (Fsp3) is 0.583. The Hall–Kier alpha value is -1.85. The predicted octanol–water partition coefficient (Wildman–Crippen LogP) is 0.543. The van der Waals surface area contributed by atoms with Crippen molar-refractivity contribution in [1.82, 2.24) is 14.5 Å². The smallest absolute Gasteiger partial charge is 0.293 e. The summed E-state index contributed by atoms with van der Waals surface area (Å²) in [6.07, 6.45) is 4.49. The maximum atomic E-state index is 11.9. The van der Waals surface area contributed by atoms with E-state index in [-0.39, 0.29) is 11.5 Å². The zero-order valence-corrected chi connectivity index (χ0v) is 11.1. The molecule has 1 aromatic rings. The van der Waals surface area contributed by atoms with Crippen LogP contribution in [0.5, 0.6) is 0 Å². The van der Waals surface area contributed by atoms with Crippen LogP contribution in [0.4, 0.5) is 5.82 Å². The van der Waals surface area contributed by atoms with Gasteiger partial charge in [0.1, 0.15) is 0 Å². The summed E-state index contributed by atoms with van der Waals surface area (Å²) in [6, 6.07) is 0. The largest absolute Gasteiger partial charge is 0.365 e. The molecule has 0 unspecified atom stereocenters. The summed E-state index contributed by atoms with van der Waals surface area (Å²) in [4.78, 5) is 28.8. The van der Waals surface area contributed by atoms with E-state index in [4.69, 9.17) is 0 Å². The molecule has 1 heterocycles. The van der Waals surface area contributed by atoms with Crippen LogP contribution in [-0.4, -0.2) is 41.0 Å². The molecule has 18 heavy (non-hydrogen) atoms. The SMILES string of the molecule is CCCn1ccnc(NCCC(=O)N(C)C)c1=O. The molecule has 0 radical (unpaired) electrons. The van der Waals surface area contributed by atoms with Crippen molar-refractivity contribution >= 4 is 11.7 Å². The molecule has 0 saturated carbocycles. The average molecular weight is 252 g/mol. The Bertz CT molecular complexity index is 454. The third-order valence-electron chi connectivity index (χ3n) is 2.51. The number of anilines is 1. The molecule has 0 aliphatic rings. The number of carbonyl (C=O) groups is 1. The van der Waals surface area contributed by atoms with Gasteiger partial charge in [0.2, 0.25) is 5.91 Å². The molecule has 1 amide bonds. The molecule has 0 saturated heterocycles. The number of nitrogens with one attached hydrogen (secondary N) is 1. The molecule has 1 aromatic heterocycles. The van der Waals surface area contributed by atoms with Crippen LogP contribution in [0.1, 0.15) is 19.8 Å². The molecule has 1 rings (SSSR count). The quantitative estimate of drug-likeness (QED) is 0.802. The van der Waals surface area contributed by atoms with Crippen LogP contribution < -0.4 is 10.9 Å². The van der Waals surface area contributed by atoms with Crippen LogP contribution in [0.15, 0.2) is 17.2 Å². The first-order valence-electron chi connectivity index (χ1n) is 6.05. The standard InChI is InChI=1S/C12H20N4O2/c1-4-8-16-9-7-14-11(12(16)18)13-6-5-10(17)15(2)3/h7,9H,4-6,8H2,1-3H3,(H,13,14). The van der Waals surface area contributed by atoms with Gasteiger partial charge in [-0.1, -0.05) is 6.92 Å². The van der Waals surface area contributed by atoms with Crippen LogP contribution in [0, 0.1) is 0 Å². The molecule has 0 atom stereocenters. The number of aromatic nitrogens is 2. The van der Waals surface area contributed by atoms with E-state index in [0.29, 0.717) is 25.3 Å². The average Bonchev–Trinajstić information content (AvgIpc) is 2.33. The van der Waals surface area contributed by atoms with E-state index in [1.165, 1.54) is 4.90 Å². The van der Waals surface area contributed by atoms with Gasteiger partial charge in [0, 0.05) is 46.0 Å². The lowest BCUT2D eigenvalue weighted by atomic mass is 10.4. The van der Waals surface area contributed by atoms with Crippen LogP contribution in [-0.2, 0) is 11.3 Å². The van der Waals surface area contributed by atoms with Crippen LogP contribution in [0.3, 0.4) is 0 Å². The number of amides is 1. The number of rotatable bonds is 6. The lowest BCUT2D eigenvalue weighted by Gasteiger charge is -2.11. The van der Waals surface area contributed by atoms with Gasteiger partial charge in [0.25, 0.3) is 5.56 Å². The summed E-state index contributed by atoms with van der Waals surface area (Å²) < 4.78 is 1.61. The predicted molar refractivity (Wildman–Crippen MR) is 70.6 cm³/mol. The Morgan fingerprint density at radius 2 is 2.22 bits per heavy atom. The number of hydrogen-bond acceptors (Lipinski definition) is 4. The maximum Gasteiger partial charge on any atom is 0.293 e. The van der Waals surface area contributed by atoms with Gasteiger partial charge < -0.3 is 14.8 Å². The molecule has 1 N–H and O–H groups in total. The zero-order chi connectivity index (χ0) is 13.5. The first-order valence-corrected chi connectivity index (χ1v) is 6.05. The topological polar surface area (TPSA) is 67.2 Å². The van der Waals surface area contributed by atoms with E-state index in [1.807, 2.05) is 6.92 Å². The Morgan fingerprint density at radius 1 is 1.50 bits per heavy atom. The lowest BCUT2D eigenvalue weighted by molar-refractivity contribution is -0.128. The fourth-order valence-electron chi connectivity index (χ4n) is 1.50. The van der Waals surface area contributed by atoms with Crippen molar-refractivity contribution in [2.75, 3.05) is 26.0 Å². The Kier molecular flexibility index (Phi) is 5.35. The molecule has 6 heteroatoms. The van der Waals surface area contributed by atoms with Gasteiger partial charge >= 0.3 is 0 Å². The third-order valence-corrected chi connectivity index (χ3v) is 2.51. The summed E-state index contributed by atoms with van der Waals surface area (Å²) in [6.45, 7) is 3.10. The molecule has 0 aromatic carbocycles. The summed E-state index contributed by atoms with van der Waals surface area (Å²) in [5.41, 5.74) is -0.142. The molecular formula is C12H20N4O2. The summed E-state index contributed by atoms with van der Waals surface area (Å²) >= 11 is 0. The lowest BCUT2D eigenvalue weighted by Crippen LogP contribution is -2.27. The van der Waals surface area contributed by atoms with Crippen molar-refractivity contribution in [3.8, 4) is 0 Å². The summed E-state index contributed by atoms with van der Waals surface area (Å²) in [5, 5.41) is 2.91. The van der Waals surface area contributed by atoms with Gasteiger partial charge in [-0.3, -0.25) is 9.59 Å². The highest BCUT2D eigenvalue weighted by atomic mass is 16.2. The fourth-order valence-corrected chi connectivity index (χ4v) is 1.50. The third kappa shape index (κ3) is 3.87. The van der Waals surface area contributed by atoms with Crippen LogP contribution in [0.25, 0.3) is 0 Å². The van der Waals surface area contributed by atoms with Gasteiger partial charge in [-0.15, -0.1) is 0 Å². The highest BCUT2D eigenvalue weighted by Crippen LogP contribution is 1.95. The van der Waals surface area contributed by atoms with Crippen LogP contribution >= 0.6 is 0 Å². The molecule has 0 aliphatic heterocycles. The van der Waals surface area contributed by atoms with E-state index >= 15 is 0 Å².